The molecule has 1 aliphatic carbocycles. The SMILES string of the molecule is BrC1COCC1OCC1CC1. The summed E-state index contributed by atoms with van der Waals surface area (Å²) in [6.07, 6.45) is 3.02. The fourth-order valence-electron chi connectivity index (χ4n) is 1.21. The second kappa shape index (κ2) is 3.42. The maximum atomic E-state index is 5.67. The van der Waals surface area contributed by atoms with Crippen molar-refractivity contribution in [3.05, 3.63) is 0 Å². The molecule has 3 heteroatoms. The Kier molecular flexibility index (Phi) is 2.49. The van der Waals surface area contributed by atoms with Crippen LogP contribution >= 0.6 is 15.9 Å². The van der Waals surface area contributed by atoms with E-state index < -0.39 is 0 Å². The lowest BCUT2D eigenvalue weighted by Gasteiger charge is -2.12. The van der Waals surface area contributed by atoms with E-state index in [4.69, 9.17) is 9.47 Å². The van der Waals surface area contributed by atoms with Crippen LogP contribution in [0.25, 0.3) is 0 Å². The summed E-state index contributed by atoms with van der Waals surface area (Å²) in [7, 11) is 0. The van der Waals surface area contributed by atoms with Crippen LogP contribution in [0, 0.1) is 5.92 Å². The van der Waals surface area contributed by atoms with Gasteiger partial charge < -0.3 is 9.47 Å². The lowest BCUT2D eigenvalue weighted by Crippen LogP contribution is -2.23. The molecule has 2 fully saturated rings. The minimum Gasteiger partial charge on any atom is -0.377 e. The molecule has 64 valence electrons. The van der Waals surface area contributed by atoms with Crippen molar-refractivity contribution in [2.24, 2.45) is 5.92 Å². The summed E-state index contributed by atoms with van der Waals surface area (Å²) in [5, 5.41) is 0. The van der Waals surface area contributed by atoms with E-state index in [2.05, 4.69) is 15.9 Å². The first-order valence-electron chi connectivity index (χ1n) is 4.19. The number of rotatable bonds is 3. The summed E-state index contributed by atoms with van der Waals surface area (Å²) in [6, 6.07) is 0. The first-order chi connectivity index (χ1) is 5.36. The van der Waals surface area contributed by atoms with Gasteiger partial charge in [-0.3, -0.25) is 0 Å². The van der Waals surface area contributed by atoms with Crippen LogP contribution < -0.4 is 0 Å². The molecule has 0 aromatic heterocycles. The normalized spacial score (nSPS) is 37.9. The Balaban J connectivity index is 1.67. The van der Waals surface area contributed by atoms with Crippen LogP contribution in [0.5, 0.6) is 0 Å². The molecule has 0 N–H and O–H groups in total. The monoisotopic (exact) mass is 220 g/mol. The van der Waals surface area contributed by atoms with Gasteiger partial charge in [0, 0.05) is 6.61 Å². The molecule has 1 saturated carbocycles. The van der Waals surface area contributed by atoms with Crippen LogP contribution in [-0.2, 0) is 9.47 Å². The highest BCUT2D eigenvalue weighted by molar-refractivity contribution is 9.09. The second-order valence-corrected chi connectivity index (χ2v) is 4.54. The van der Waals surface area contributed by atoms with Gasteiger partial charge in [-0.2, -0.15) is 0 Å². The molecule has 0 aromatic rings. The molecule has 2 nitrogen and oxygen atoms in total. The number of hydrogen-bond donors (Lipinski definition) is 0. The first-order valence-corrected chi connectivity index (χ1v) is 5.11. The van der Waals surface area contributed by atoms with Gasteiger partial charge >= 0.3 is 0 Å². The molecule has 0 radical (unpaired) electrons. The highest BCUT2D eigenvalue weighted by Crippen LogP contribution is 2.30. The van der Waals surface area contributed by atoms with Crippen LogP contribution in [0.2, 0.25) is 0 Å². The third-order valence-corrected chi connectivity index (χ3v) is 3.06. The van der Waals surface area contributed by atoms with Crippen LogP contribution in [0.1, 0.15) is 12.8 Å². The molecule has 2 rings (SSSR count). The molecule has 11 heavy (non-hydrogen) atoms. The summed E-state index contributed by atoms with van der Waals surface area (Å²) in [6.45, 7) is 2.51. The van der Waals surface area contributed by atoms with Crippen molar-refractivity contribution in [1.82, 2.24) is 0 Å². The van der Waals surface area contributed by atoms with E-state index in [0.29, 0.717) is 10.9 Å². The number of hydrogen-bond acceptors (Lipinski definition) is 2. The number of alkyl halides is 1. The summed E-state index contributed by atoms with van der Waals surface area (Å²) in [4.78, 5) is 0.418. The van der Waals surface area contributed by atoms with Gasteiger partial charge in [0.1, 0.15) is 0 Å². The van der Waals surface area contributed by atoms with Crippen molar-refractivity contribution in [3.8, 4) is 0 Å². The van der Waals surface area contributed by atoms with Crippen molar-refractivity contribution < 1.29 is 9.47 Å². The van der Waals surface area contributed by atoms with Gasteiger partial charge in [0.15, 0.2) is 0 Å². The zero-order valence-corrected chi connectivity index (χ0v) is 8.05. The molecule has 2 unspecified atom stereocenters. The molecule has 0 aromatic carbocycles. The van der Waals surface area contributed by atoms with E-state index in [1.807, 2.05) is 0 Å². The van der Waals surface area contributed by atoms with E-state index in [9.17, 15) is 0 Å². The first kappa shape index (κ1) is 8.02. The van der Waals surface area contributed by atoms with E-state index in [0.717, 1.165) is 25.7 Å². The summed E-state index contributed by atoms with van der Waals surface area (Å²) < 4.78 is 10.9. The van der Waals surface area contributed by atoms with Gasteiger partial charge in [0.05, 0.1) is 24.1 Å². The van der Waals surface area contributed by atoms with Crippen molar-refractivity contribution >= 4 is 15.9 Å². The predicted octanol–water partition coefficient (Wildman–Crippen LogP) is 1.58. The van der Waals surface area contributed by atoms with Gasteiger partial charge in [-0.25, -0.2) is 0 Å². The Hall–Kier alpha value is 0.400. The molecule has 0 amide bonds. The highest BCUT2D eigenvalue weighted by Gasteiger charge is 2.29. The third-order valence-electron chi connectivity index (χ3n) is 2.21. The van der Waals surface area contributed by atoms with E-state index in [1.165, 1.54) is 12.8 Å². The van der Waals surface area contributed by atoms with Crippen LogP contribution in [0.4, 0.5) is 0 Å². The predicted molar refractivity (Wildman–Crippen MR) is 46.0 cm³/mol. The van der Waals surface area contributed by atoms with E-state index in [1.54, 1.807) is 0 Å². The van der Waals surface area contributed by atoms with Gasteiger partial charge in [-0.05, 0) is 18.8 Å². The van der Waals surface area contributed by atoms with Crippen molar-refractivity contribution in [2.45, 2.75) is 23.8 Å². The van der Waals surface area contributed by atoms with Crippen LogP contribution in [0.3, 0.4) is 0 Å². The highest BCUT2D eigenvalue weighted by atomic mass is 79.9. The maximum absolute atomic E-state index is 5.67. The standard InChI is InChI=1S/C8H13BrO2/c9-7-4-10-5-8(7)11-3-6-1-2-6/h6-8H,1-5H2. The van der Waals surface area contributed by atoms with Gasteiger partial charge in [0.2, 0.25) is 0 Å². The quantitative estimate of drug-likeness (QED) is 0.673. The average molecular weight is 221 g/mol. The molecule has 1 aliphatic heterocycles. The van der Waals surface area contributed by atoms with Gasteiger partial charge in [-0.1, -0.05) is 15.9 Å². The molecule has 2 atom stereocenters. The zero-order valence-electron chi connectivity index (χ0n) is 6.46. The minimum atomic E-state index is 0.301. The second-order valence-electron chi connectivity index (χ2n) is 3.37. The Morgan fingerprint density at radius 1 is 1.36 bits per heavy atom. The Bertz CT molecular complexity index is 136. The summed E-state index contributed by atoms with van der Waals surface area (Å²) in [5.41, 5.74) is 0. The molecule has 1 heterocycles. The Morgan fingerprint density at radius 2 is 2.18 bits per heavy atom. The summed E-state index contributed by atoms with van der Waals surface area (Å²) in [5.74, 6) is 0.857. The molecular formula is C8H13BrO2. The largest absolute Gasteiger partial charge is 0.377 e. The summed E-state index contributed by atoms with van der Waals surface area (Å²) >= 11 is 3.53. The van der Waals surface area contributed by atoms with Crippen molar-refractivity contribution in [1.29, 1.82) is 0 Å². The van der Waals surface area contributed by atoms with Crippen molar-refractivity contribution in [2.75, 3.05) is 19.8 Å². The molecular weight excluding hydrogens is 208 g/mol. The minimum absolute atomic E-state index is 0.301. The maximum Gasteiger partial charge on any atom is 0.0955 e. The molecule has 0 spiro atoms. The van der Waals surface area contributed by atoms with E-state index in [-0.39, 0.29) is 0 Å². The topological polar surface area (TPSA) is 18.5 Å². The third kappa shape index (κ3) is 2.17. The van der Waals surface area contributed by atoms with Gasteiger partial charge in [0.25, 0.3) is 0 Å². The fourth-order valence-corrected chi connectivity index (χ4v) is 1.70. The molecule has 1 saturated heterocycles. The molecule has 2 aliphatic rings. The van der Waals surface area contributed by atoms with Gasteiger partial charge in [-0.15, -0.1) is 0 Å². The Morgan fingerprint density at radius 3 is 2.73 bits per heavy atom. The number of halogens is 1. The lowest BCUT2D eigenvalue weighted by atomic mass is 10.3. The van der Waals surface area contributed by atoms with E-state index >= 15 is 0 Å². The number of ether oxygens (including phenoxy) is 2. The lowest BCUT2D eigenvalue weighted by molar-refractivity contribution is 0.0387. The zero-order chi connectivity index (χ0) is 7.68. The smallest absolute Gasteiger partial charge is 0.0955 e. The van der Waals surface area contributed by atoms with Crippen LogP contribution in [0.15, 0.2) is 0 Å². The van der Waals surface area contributed by atoms with Crippen LogP contribution in [-0.4, -0.2) is 30.8 Å². The Labute approximate surface area is 75.4 Å². The molecule has 0 bridgehead atoms. The average Bonchev–Trinajstić information content (AvgIpc) is 2.73. The fraction of sp³-hybridized carbons (Fsp3) is 1.00. The van der Waals surface area contributed by atoms with Crippen molar-refractivity contribution in [3.63, 3.8) is 0 Å².